The molecule has 0 unspecified atom stereocenters. The topological polar surface area (TPSA) is 34.9 Å². The Labute approximate surface area is 95.1 Å². The summed E-state index contributed by atoms with van der Waals surface area (Å²) in [7, 11) is 0. The van der Waals surface area contributed by atoms with E-state index < -0.39 is 0 Å². The van der Waals surface area contributed by atoms with Crippen LogP contribution in [0.4, 0.5) is 0 Å². The standard InChI is InChI=1S/C11H17ClN2O/c1-6(2)10-9(12)11(15)14(7(3)4)8(5)13-10/h6-7H,1-5H3. The number of nitrogens with zero attached hydrogens (tertiary/aromatic N) is 2. The molecule has 1 heterocycles. The minimum absolute atomic E-state index is 0.0868. The smallest absolute Gasteiger partial charge is 0.272 e. The van der Waals surface area contributed by atoms with Crippen LogP contribution in [0.1, 0.15) is 51.2 Å². The van der Waals surface area contributed by atoms with Crippen molar-refractivity contribution in [3.8, 4) is 0 Å². The molecule has 15 heavy (non-hydrogen) atoms. The number of rotatable bonds is 2. The van der Waals surface area contributed by atoms with E-state index in [1.165, 1.54) is 0 Å². The van der Waals surface area contributed by atoms with E-state index in [1.54, 1.807) is 4.57 Å². The van der Waals surface area contributed by atoms with Crippen LogP contribution in [0.2, 0.25) is 5.02 Å². The zero-order valence-electron chi connectivity index (χ0n) is 9.84. The summed E-state index contributed by atoms with van der Waals surface area (Å²) in [5.41, 5.74) is 0.555. The third-order valence-electron chi connectivity index (χ3n) is 2.33. The minimum atomic E-state index is -0.136. The summed E-state index contributed by atoms with van der Waals surface area (Å²) in [5.74, 6) is 0.897. The first kappa shape index (κ1) is 12.2. The molecule has 0 fully saturated rings. The molecule has 0 amide bonds. The van der Waals surface area contributed by atoms with E-state index in [0.29, 0.717) is 5.69 Å². The molecular weight excluding hydrogens is 212 g/mol. The average molecular weight is 229 g/mol. The summed E-state index contributed by atoms with van der Waals surface area (Å²) >= 11 is 6.01. The van der Waals surface area contributed by atoms with Crippen molar-refractivity contribution in [1.82, 2.24) is 9.55 Å². The maximum atomic E-state index is 11.9. The molecule has 0 spiro atoms. The van der Waals surface area contributed by atoms with E-state index in [-0.39, 0.29) is 22.5 Å². The van der Waals surface area contributed by atoms with Gasteiger partial charge in [-0.1, -0.05) is 25.4 Å². The quantitative estimate of drug-likeness (QED) is 0.780. The van der Waals surface area contributed by atoms with E-state index in [2.05, 4.69) is 4.98 Å². The Balaban J connectivity index is 3.52. The molecule has 0 bridgehead atoms. The Morgan fingerprint density at radius 3 is 2.20 bits per heavy atom. The SMILES string of the molecule is Cc1nc(C(C)C)c(Cl)c(=O)n1C(C)C. The minimum Gasteiger partial charge on any atom is -0.293 e. The molecule has 0 saturated heterocycles. The van der Waals surface area contributed by atoms with Crippen molar-refractivity contribution < 1.29 is 0 Å². The molecule has 84 valence electrons. The molecule has 0 atom stereocenters. The van der Waals surface area contributed by atoms with Gasteiger partial charge in [-0.05, 0) is 26.7 Å². The normalized spacial score (nSPS) is 11.5. The Hall–Kier alpha value is -0.830. The van der Waals surface area contributed by atoms with Gasteiger partial charge in [0, 0.05) is 6.04 Å². The van der Waals surface area contributed by atoms with Gasteiger partial charge in [0.15, 0.2) is 0 Å². The number of aryl methyl sites for hydroxylation is 1. The molecule has 0 saturated carbocycles. The molecule has 1 aromatic rings. The molecule has 0 aromatic carbocycles. The lowest BCUT2D eigenvalue weighted by atomic mass is 10.1. The van der Waals surface area contributed by atoms with Crippen molar-refractivity contribution in [3.63, 3.8) is 0 Å². The first-order valence-electron chi connectivity index (χ1n) is 5.14. The number of halogens is 1. The van der Waals surface area contributed by atoms with Crippen LogP contribution >= 0.6 is 11.6 Å². The zero-order chi connectivity index (χ0) is 11.7. The molecule has 1 rings (SSSR count). The highest BCUT2D eigenvalue weighted by Crippen LogP contribution is 2.19. The van der Waals surface area contributed by atoms with Gasteiger partial charge in [0.2, 0.25) is 0 Å². The van der Waals surface area contributed by atoms with Gasteiger partial charge in [-0.3, -0.25) is 9.36 Å². The van der Waals surface area contributed by atoms with Crippen molar-refractivity contribution >= 4 is 11.6 Å². The lowest BCUT2D eigenvalue weighted by Gasteiger charge is -2.16. The Kier molecular flexibility index (Phi) is 3.55. The fourth-order valence-corrected chi connectivity index (χ4v) is 1.98. The Morgan fingerprint density at radius 2 is 1.80 bits per heavy atom. The van der Waals surface area contributed by atoms with Gasteiger partial charge in [0.25, 0.3) is 5.56 Å². The van der Waals surface area contributed by atoms with Crippen LogP contribution in [0.25, 0.3) is 0 Å². The molecule has 0 aliphatic carbocycles. The highest BCUT2D eigenvalue weighted by atomic mass is 35.5. The second kappa shape index (κ2) is 4.35. The van der Waals surface area contributed by atoms with Crippen LogP contribution in [0.15, 0.2) is 4.79 Å². The number of hydrogen-bond donors (Lipinski definition) is 0. The molecule has 1 aromatic heterocycles. The zero-order valence-corrected chi connectivity index (χ0v) is 10.6. The molecule has 0 aliphatic heterocycles. The molecule has 3 nitrogen and oxygen atoms in total. The van der Waals surface area contributed by atoms with Gasteiger partial charge in [0.05, 0.1) is 5.69 Å². The first-order chi connectivity index (χ1) is 6.86. The fourth-order valence-electron chi connectivity index (χ4n) is 1.63. The van der Waals surface area contributed by atoms with Gasteiger partial charge in [-0.2, -0.15) is 0 Å². The molecule has 0 N–H and O–H groups in total. The van der Waals surface area contributed by atoms with E-state index in [1.807, 2.05) is 34.6 Å². The fraction of sp³-hybridized carbons (Fsp3) is 0.636. The maximum Gasteiger partial charge on any atom is 0.272 e. The van der Waals surface area contributed by atoms with Crippen LogP contribution in [0, 0.1) is 6.92 Å². The Bertz CT molecular complexity index is 421. The molecular formula is C11H17ClN2O. The highest BCUT2D eigenvalue weighted by molar-refractivity contribution is 6.31. The predicted octanol–water partition coefficient (Wildman–Crippen LogP) is 2.91. The van der Waals surface area contributed by atoms with E-state index >= 15 is 0 Å². The average Bonchev–Trinajstić information content (AvgIpc) is 2.10. The third-order valence-corrected chi connectivity index (χ3v) is 2.68. The van der Waals surface area contributed by atoms with Crippen molar-refractivity contribution in [2.75, 3.05) is 0 Å². The van der Waals surface area contributed by atoms with E-state index in [9.17, 15) is 4.79 Å². The number of hydrogen-bond acceptors (Lipinski definition) is 2. The lowest BCUT2D eigenvalue weighted by molar-refractivity contribution is 0.542. The van der Waals surface area contributed by atoms with Crippen molar-refractivity contribution in [2.45, 2.75) is 46.6 Å². The van der Waals surface area contributed by atoms with Gasteiger partial charge >= 0.3 is 0 Å². The largest absolute Gasteiger partial charge is 0.293 e. The maximum absolute atomic E-state index is 11.9. The van der Waals surface area contributed by atoms with Crippen molar-refractivity contribution in [3.05, 3.63) is 26.9 Å². The summed E-state index contributed by atoms with van der Waals surface area (Å²) in [6.07, 6.45) is 0. The van der Waals surface area contributed by atoms with Crippen LogP contribution in [-0.4, -0.2) is 9.55 Å². The third kappa shape index (κ3) is 2.23. The molecule has 0 aliphatic rings. The Morgan fingerprint density at radius 1 is 1.27 bits per heavy atom. The van der Waals surface area contributed by atoms with E-state index in [4.69, 9.17) is 11.6 Å². The van der Waals surface area contributed by atoms with Crippen molar-refractivity contribution in [2.24, 2.45) is 0 Å². The monoisotopic (exact) mass is 228 g/mol. The van der Waals surface area contributed by atoms with Crippen molar-refractivity contribution in [1.29, 1.82) is 0 Å². The summed E-state index contributed by atoms with van der Waals surface area (Å²) < 4.78 is 1.62. The van der Waals surface area contributed by atoms with Gasteiger partial charge in [0.1, 0.15) is 10.8 Å². The second-order valence-electron chi connectivity index (χ2n) is 4.28. The van der Waals surface area contributed by atoms with E-state index in [0.717, 1.165) is 5.82 Å². The molecule has 0 radical (unpaired) electrons. The molecule has 4 heteroatoms. The summed E-state index contributed by atoms with van der Waals surface area (Å²) in [4.78, 5) is 16.3. The lowest BCUT2D eigenvalue weighted by Crippen LogP contribution is -2.27. The van der Waals surface area contributed by atoms with Crippen LogP contribution in [-0.2, 0) is 0 Å². The second-order valence-corrected chi connectivity index (χ2v) is 4.66. The van der Waals surface area contributed by atoms with Gasteiger partial charge < -0.3 is 0 Å². The summed E-state index contributed by atoms with van der Waals surface area (Å²) in [6.45, 7) is 9.69. The van der Waals surface area contributed by atoms with Crippen LogP contribution < -0.4 is 5.56 Å². The van der Waals surface area contributed by atoms with Crippen LogP contribution in [0.5, 0.6) is 0 Å². The number of aromatic nitrogens is 2. The summed E-state index contributed by atoms with van der Waals surface area (Å²) in [5, 5.41) is 0.254. The van der Waals surface area contributed by atoms with Gasteiger partial charge in [-0.25, -0.2) is 4.98 Å². The van der Waals surface area contributed by atoms with Crippen LogP contribution in [0.3, 0.4) is 0 Å². The highest BCUT2D eigenvalue weighted by Gasteiger charge is 2.16. The summed E-state index contributed by atoms with van der Waals surface area (Å²) in [6, 6.07) is 0.0868. The predicted molar refractivity (Wildman–Crippen MR) is 62.7 cm³/mol. The first-order valence-corrected chi connectivity index (χ1v) is 5.52. The van der Waals surface area contributed by atoms with Gasteiger partial charge in [-0.15, -0.1) is 0 Å².